The molecule has 0 N–H and O–H groups in total. The summed E-state index contributed by atoms with van der Waals surface area (Å²) in [5.74, 6) is -1.14. The lowest BCUT2D eigenvalue weighted by atomic mass is 10.2. The highest BCUT2D eigenvalue weighted by Crippen LogP contribution is 2.31. The number of ether oxygens (including phenoxy) is 2. The minimum absolute atomic E-state index is 0.0588. The van der Waals surface area contributed by atoms with E-state index in [-0.39, 0.29) is 25.2 Å². The Morgan fingerprint density at radius 1 is 0.447 bits per heavy atom. The topological polar surface area (TPSA) is 108 Å². The molecule has 0 aliphatic rings. The Balaban J connectivity index is 5.23. The zero-order chi connectivity index (χ0) is 37.3. The Morgan fingerprint density at radius 3 is 0.957 bits per heavy atom. The Kier molecular flexibility index (Phi) is 18.2. The van der Waals surface area contributed by atoms with Crippen LogP contribution in [0, 0.1) is 0 Å². The fraction of sp³-hybridized carbons (Fsp3) is 0.862. The minimum atomic E-state index is -3.02. The van der Waals surface area contributed by atoms with Gasteiger partial charge in [0.15, 0.2) is 49.9 Å². The third kappa shape index (κ3) is 24.9. The van der Waals surface area contributed by atoms with Crippen LogP contribution in [0.15, 0.2) is 12.2 Å². The summed E-state index contributed by atoms with van der Waals surface area (Å²) in [7, 11) is -18.0. The van der Waals surface area contributed by atoms with Gasteiger partial charge < -0.3 is 34.2 Å². The van der Waals surface area contributed by atoms with Crippen LogP contribution in [0.1, 0.15) is 19.3 Å². The van der Waals surface area contributed by atoms with Crippen LogP contribution in [0.2, 0.25) is 130 Å². The van der Waals surface area contributed by atoms with Crippen LogP contribution in [0.5, 0.6) is 0 Å². The quantitative estimate of drug-likeness (QED) is 0.0431. The van der Waals surface area contributed by atoms with Gasteiger partial charge in [0, 0.05) is 17.7 Å². The molecule has 47 heavy (non-hydrogen) atoms. The monoisotopic (exact) mass is 802 g/mol. The van der Waals surface area contributed by atoms with Gasteiger partial charge in [0.1, 0.15) is 0 Å². The van der Waals surface area contributed by atoms with Crippen LogP contribution in [0.4, 0.5) is 0 Å². The smallest absolute Gasteiger partial charge is 0.465 e. The molecule has 0 aromatic heterocycles. The summed E-state index contributed by atoms with van der Waals surface area (Å²) >= 11 is 0. The Bertz CT molecular complexity index is 935. The summed E-state index contributed by atoms with van der Waals surface area (Å²) in [5, 5.41) is 0. The SMILES string of the molecule is C=C(CC(=O)OCCC[Si](O[Si](C)(C)C)(O[Si](C)(C)C)O[Si](C)(C)C)C(=O)OCCC[Si](O[Si](C)(C)C)(O[Si](C)(C)C)O[Si](C)(C)C. The highest BCUT2D eigenvalue weighted by Gasteiger charge is 2.51. The van der Waals surface area contributed by atoms with Gasteiger partial charge >= 0.3 is 29.5 Å². The van der Waals surface area contributed by atoms with Crippen molar-refractivity contribution in [2.75, 3.05) is 13.2 Å². The molecule has 0 heterocycles. The number of rotatable bonds is 23. The van der Waals surface area contributed by atoms with E-state index in [2.05, 4.69) is 124 Å². The van der Waals surface area contributed by atoms with Crippen LogP contribution >= 0.6 is 0 Å². The first kappa shape index (κ1) is 47.2. The zero-order valence-corrected chi connectivity index (χ0v) is 41.2. The number of carbonyl (C=O) groups excluding carboxylic acids is 2. The van der Waals surface area contributed by atoms with Crippen molar-refractivity contribution in [3.05, 3.63) is 12.2 Å². The Hall–Kier alpha value is 0.175. The van der Waals surface area contributed by atoms with Crippen molar-refractivity contribution in [3.8, 4) is 0 Å². The van der Waals surface area contributed by atoms with Crippen molar-refractivity contribution < 1.29 is 43.8 Å². The molecule has 0 spiro atoms. The molecule has 0 saturated carbocycles. The molecule has 278 valence electrons. The number of hydrogen-bond donors (Lipinski definition) is 0. The van der Waals surface area contributed by atoms with E-state index in [0.29, 0.717) is 24.9 Å². The summed E-state index contributed by atoms with van der Waals surface area (Å²) < 4.78 is 51.2. The molecule has 0 bridgehead atoms. The fourth-order valence-electron chi connectivity index (χ4n) is 4.56. The van der Waals surface area contributed by atoms with Crippen LogP contribution in [-0.2, 0) is 43.8 Å². The molecule has 0 fully saturated rings. The molecule has 18 heteroatoms. The van der Waals surface area contributed by atoms with Crippen LogP contribution < -0.4 is 0 Å². The predicted molar refractivity (Wildman–Crippen MR) is 213 cm³/mol. The molecule has 0 atom stereocenters. The lowest BCUT2D eigenvalue weighted by Gasteiger charge is -2.43. The third-order valence-corrected chi connectivity index (χ3v) is 29.3. The average molecular weight is 804 g/mol. The largest absolute Gasteiger partial charge is 0.469 e. The van der Waals surface area contributed by atoms with Gasteiger partial charge in [-0.05, 0) is 131 Å². The lowest BCUT2D eigenvalue weighted by molar-refractivity contribution is -0.146. The fourth-order valence-corrected chi connectivity index (χ4v) is 33.8. The molecule has 0 amide bonds. The predicted octanol–water partition coefficient (Wildman–Crippen LogP) is 8.79. The van der Waals surface area contributed by atoms with Crippen molar-refractivity contribution in [3.63, 3.8) is 0 Å². The molecule has 0 aromatic carbocycles. The van der Waals surface area contributed by atoms with Gasteiger partial charge in [-0.3, -0.25) is 4.79 Å². The standard InChI is InChI=1S/C29H70O10Si8/c1-27(29(31)33-23-21-25-47(37-43(11,12)13,38-44(14,15)16)39-45(17,18)19)26-28(30)32-22-20-24-46(34-40(2,3)4,35-41(5,6)7)36-42(8,9)10/h1,20-26H2,2-19H3. The second kappa shape index (κ2) is 18.1. The lowest BCUT2D eigenvalue weighted by Crippen LogP contribution is -2.60. The first-order valence-corrected chi connectivity index (χ1v) is 41.2. The van der Waals surface area contributed by atoms with Crippen molar-refractivity contribution >= 4 is 79.5 Å². The van der Waals surface area contributed by atoms with Crippen molar-refractivity contribution in [1.29, 1.82) is 0 Å². The van der Waals surface area contributed by atoms with E-state index in [0.717, 1.165) is 0 Å². The van der Waals surface area contributed by atoms with E-state index >= 15 is 0 Å². The molecule has 0 radical (unpaired) electrons. The van der Waals surface area contributed by atoms with Gasteiger partial charge in [0.05, 0.1) is 19.6 Å². The van der Waals surface area contributed by atoms with E-state index in [1.54, 1.807) is 0 Å². The highest BCUT2D eigenvalue weighted by molar-refractivity contribution is 6.91. The van der Waals surface area contributed by atoms with Gasteiger partial charge in [-0.25, -0.2) is 4.79 Å². The van der Waals surface area contributed by atoms with E-state index in [9.17, 15) is 9.59 Å². The summed E-state index contributed by atoms with van der Waals surface area (Å²) in [6.07, 6.45) is 0.830. The van der Waals surface area contributed by atoms with Gasteiger partial charge in [-0.15, -0.1) is 0 Å². The van der Waals surface area contributed by atoms with Crippen LogP contribution in [0.3, 0.4) is 0 Å². The van der Waals surface area contributed by atoms with Gasteiger partial charge in [0.25, 0.3) is 0 Å². The van der Waals surface area contributed by atoms with Crippen molar-refractivity contribution in [2.24, 2.45) is 0 Å². The molecular formula is C29H70O10Si8. The first-order chi connectivity index (χ1) is 20.6. The molecular weight excluding hydrogens is 733 g/mol. The van der Waals surface area contributed by atoms with Gasteiger partial charge in [-0.1, -0.05) is 6.58 Å². The second-order valence-corrected chi connectivity index (χ2v) is 52.0. The third-order valence-electron chi connectivity index (χ3n) is 5.17. The molecule has 0 saturated heterocycles. The number of carbonyl (C=O) groups is 2. The molecule has 0 rings (SSSR count). The number of hydrogen-bond acceptors (Lipinski definition) is 10. The Morgan fingerprint density at radius 2 is 0.702 bits per heavy atom. The second-order valence-electron chi connectivity index (χ2n) is 18.0. The average Bonchev–Trinajstić information content (AvgIpc) is 2.72. The van der Waals surface area contributed by atoms with Crippen LogP contribution in [-0.4, -0.2) is 92.7 Å². The summed E-state index contributed by atoms with van der Waals surface area (Å²) in [5.41, 5.74) is 0.0588. The maximum atomic E-state index is 12.7. The zero-order valence-electron chi connectivity index (χ0n) is 33.2. The summed E-state index contributed by atoms with van der Waals surface area (Å²) in [6.45, 7) is 42.7. The van der Waals surface area contributed by atoms with Crippen molar-refractivity contribution in [2.45, 2.75) is 149 Å². The maximum Gasteiger partial charge on any atom is 0.469 e. The molecule has 10 nitrogen and oxygen atoms in total. The van der Waals surface area contributed by atoms with E-state index in [1.165, 1.54) is 0 Å². The van der Waals surface area contributed by atoms with E-state index < -0.39 is 79.5 Å². The van der Waals surface area contributed by atoms with E-state index in [1.807, 2.05) is 0 Å². The highest BCUT2D eigenvalue weighted by atomic mass is 28.5. The van der Waals surface area contributed by atoms with Gasteiger partial charge in [-0.2, -0.15) is 0 Å². The summed E-state index contributed by atoms with van der Waals surface area (Å²) in [4.78, 5) is 25.4. The number of esters is 2. The normalized spacial score (nSPS) is 14.3. The van der Waals surface area contributed by atoms with E-state index in [4.69, 9.17) is 34.2 Å². The van der Waals surface area contributed by atoms with Crippen LogP contribution in [0.25, 0.3) is 0 Å². The first-order valence-electron chi connectivity index (χ1n) is 16.9. The maximum absolute atomic E-state index is 12.7. The molecule has 0 unspecified atom stereocenters. The van der Waals surface area contributed by atoms with Gasteiger partial charge in [0.2, 0.25) is 0 Å². The van der Waals surface area contributed by atoms with Crippen molar-refractivity contribution in [1.82, 2.24) is 0 Å². The minimum Gasteiger partial charge on any atom is -0.465 e. The molecule has 0 aromatic rings. The molecule has 0 aliphatic heterocycles. The summed E-state index contributed by atoms with van der Waals surface area (Å²) in [6, 6.07) is 1.12. The molecule has 0 aliphatic carbocycles. The Labute approximate surface area is 296 Å².